The third-order valence-electron chi connectivity index (χ3n) is 4.54. The van der Waals surface area contributed by atoms with Crippen molar-refractivity contribution in [3.8, 4) is 0 Å². The lowest BCUT2D eigenvalue weighted by Gasteiger charge is -2.15. The van der Waals surface area contributed by atoms with Gasteiger partial charge in [0.2, 0.25) is 0 Å². The molecule has 0 radical (unpaired) electrons. The Morgan fingerprint density at radius 3 is 2.41 bits per heavy atom. The normalized spacial score (nSPS) is 15.9. The van der Waals surface area contributed by atoms with Crippen LogP contribution < -0.4 is 10.0 Å². The van der Waals surface area contributed by atoms with E-state index in [-0.39, 0.29) is 22.0 Å². The maximum absolute atomic E-state index is 13.0. The van der Waals surface area contributed by atoms with Gasteiger partial charge in [0.1, 0.15) is 10.7 Å². The highest BCUT2D eigenvalue weighted by Gasteiger charge is 2.22. The summed E-state index contributed by atoms with van der Waals surface area (Å²) >= 11 is 0.999. The zero-order valence-corrected chi connectivity index (χ0v) is 16.6. The Bertz CT molecular complexity index is 902. The van der Waals surface area contributed by atoms with E-state index in [0.29, 0.717) is 10.6 Å². The van der Waals surface area contributed by atoms with Crippen LogP contribution in [0.15, 0.2) is 29.2 Å². The van der Waals surface area contributed by atoms with Crippen LogP contribution in [0.1, 0.15) is 53.9 Å². The lowest BCUT2D eigenvalue weighted by atomic mass is 10.1. The molecule has 1 fully saturated rings. The fourth-order valence-electron chi connectivity index (χ4n) is 3.11. The van der Waals surface area contributed by atoms with E-state index >= 15 is 0 Å². The molecule has 0 saturated heterocycles. The molecule has 2 aromatic rings. The number of sulfonamides is 1. The Morgan fingerprint density at radius 2 is 1.78 bits per heavy atom. The van der Waals surface area contributed by atoms with Crippen molar-refractivity contribution < 1.29 is 17.6 Å². The molecular formula is C18H22FN3O3S2. The van der Waals surface area contributed by atoms with Gasteiger partial charge in [0.15, 0.2) is 5.13 Å². The number of thiazole rings is 1. The molecule has 9 heteroatoms. The van der Waals surface area contributed by atoms with Crippen molar-refractivity contribution in [2.45, 2.75) is 56.4 Å². The first-order valence-corrected chi connectivity index (χ1v) is 11.2. The second kappa shape index (κ2) is 8.35. The minimum atomic E-state index is -3.89. The zero-order valence-electron chi connectivity index (χ0n) is 15.0. The van der Waals surface area contributed by atoms with Gasteiger partial charge in [0.25, 0.3) is 15.9 Å². The fourth-order valence-corrected chi connectivity index (χ4v) is 5.22. The number of anilines is 1. The molecule has 6 nitrogen and oxygen atoms in total. The largest absolute Gasteiger partial charge is 0.349 e. The van der Waals surface area contributed by atoms with Gasteiger partial charge in [-0.3, -0.25) is 9.52 Å². The smallest absolute Gasteiger partial charge is 0.263 e. The second-order valence-electron chi connectivity index (χ2n) is 6.65. The summed E-state index contributed by atoms with van der Waals surface area (Å²) in [5, 5.41) is 3.16. The Hall–Kier alpha value is -2.00. The molecule has 27 heavy (non-hydrogen) atoms. The Balaban J connectivity index is 1.71. The van der Waals surface area contributed by atoms with Gasteiger partial charge in [-0.15, -0.1) is 0 Å². The topological polar surface area (TPSA) is 88.2 Å². The average Bonchev–Trinajstić information content (AvgIpc) is 2.81. The van der Waals surface area contributed by atoms with Crippen LogP contribution in [0.3, 0.4) is 0 Å². The van der Waals surface area contributed by atoms with Gasteiger partial charge in [-0.05, 0) is 44.0 Å². The van der Waals surface area contributed by atoms with Crippen LogP contribution in [-0.2, 0) is 10.0 Å². The molecule has 1 aliphatic rings. The standard InChI is InChI=1S/C18H22FN3O3S2/c1-12-16(17(23)21-14-6-4-2-3-5-7-14)26-18(20-12)22-27(24,25)15-10-8-13(19)9-11-15/h8-11,14H,2-7H2,1H3,(H,20,22)(H,21,23). The summed E-state index contributed by atoms with van der Waals surface area (Å²) in [5.74, 6) is -0.736. The van der Waals surface area contributed by atoms with E-state index in [1.54, 1.807) is 6.92 Å². The molecule has 3 rings (SSSR count). The van der Waals surface area contributed by atoms with E-state index in [0.717, 1.165) is 49.2 Å². The minimum absolute atomic E-state index is 0.0683. The number of nitrogens with zero attached hydrogens (tertiary/aromatic N) is 1. The lowest BCUT2D eigenvalue weighted by Crippen LogP contribution is -2.34. The first kappa shape index (κ1) is 19.8. The van der Waals surface area contributed by atoms with Crippen LogP contribution in [0.25, 0.3) is 0 Å². The number of rotatable bonds is 5. The van der Waals surface area contributed by atoms with Crippen molar-refractivity contribution in [1.82, 2.24) is 10.3 Å². The number of benzene rings is 1. The van der Waals surface area contributed by atoms with Crippen molar-refractivity contribution in [2.24, 2.45) is 0 Å². The summed E-state index contributed by atoms with van der Waals surface area (Å²) in [6, 6.07) is 4.66. The van der Waals surface area contributed by atoms with Crippen LogP contribution in [0.2, 0.25) is 0 Å². The molecule has 0 atom stereocenters. The van der Waals surface area contributed by atoms with Gasteiger partial charge in [-0.25, -0.2) is 17.8 Å². The average molecular weight is 412 g/mol. The van der Waals surface area contributed by atoms with Crippen LogP contribution >= 0.6 is 11.3 Å². The predicted molar refractivity (Wildman–Crippen MR) is 103 cm³/mol. The Kier molecular flexibility index (Phi) is 6.11. The highest BCUT2D eigenvalue weighted by molar-refractivity contribution is 7.93. The van der Waals surface area contributed by atoms with E-state index in [1.165, 1.54) is 25.0 Å². The SMILES string of the molecule is Cc1nc(NS(=O)(=O)c2ccc(F)cc2)sc1C(=O)NC1CCCCCC1. The summed E-state index contributed by atoms with van der Waals surface area (Å²) in [7, 11) is -3.89. The molecule has 1 heterocycles. The van der Waals surface area contributed by atoms with E-state index in [1.807, 2.05) is 0 Å². The van der Waals surface area contributed by atoms with Crippen molar-refractivity contribution in [1.29, 1.82) is 0 Å². The van der Waals surface area contributed by atoms with E-state index in [4.69, 9.17) is 0 Å². The molecule has 2 N–H and O–H groups in total. The van der Waals surface area contributed by atoms with Crippen LogP contribution in [-0.4, -0.2) is 25.4 Å². The molecule has 1 aromatic carbocycles. The molecule has 0 spiro atoms. The number of nitrogens with one attached hydrogen (secondary N) is 2. The molecule has 1 aromatic heterocycles. The summed E-state index contributed by atoms with van der Waals surface area (Å²) in [5.41, 5.74) is 0.475. The van der Waals surface area contributed by atoms with Crippen LogP contribution in [0, 0.1) is 12.7 Å². The number of hydrogen-bond donors (Lipinski definition) is 2. The molecule has 146 valence electrons. The lowest BCUT2D eigenvalue weighted by molar-refractivity contribution is 0.0936. The maximum Gasteiger partial charge on any atom is 0.263 e. The summed E-state index contributed by atoms with van der Waals surface area (Å²) in [6.45, 7) is 1.67. The predicted octanol–water partition coefficient (Wildman–Crippen LogP) is 3.84. The van der Waals surface area contributed by atoms with Gasteiger partial charge in [-0.2, -0.15) is 0 Å². The number of amides is 1. The third-order valence-corrected chi connectivity index (χ3v) is 7.09. The summed E-state index contributed by atoms with van der Waals surface area (Å²) < 4.78 is 40.1. The minimum Gasteiger partial charge on any atom is -0.349 e. The zero-order chi connectivity index (χ0) is 19.4. The highest BCUT2D eigenvalue weighted by Crippen LogP contribution is 2.26. The van der Waals surface area contributed by atoms with Crippen molar-refractivity contribution >= 4 is 32.4 Å². The maximum atomic E-state index is 13.0. The molecule has 1 amide bonds. The summed E-state index contributed by atoms with van der Waals surface area (Å²) in [4.78, 5) is 17.1. The van der Waals surface area contributed by atoms with E-state index in [2.05, 4.69) is 15.0 Å². The molecule has 1 aliphatic carbocycles. The number of aromatic nitrogens is 1. The number of aryl methyl sites for hydroxylation is 1. The molecular weight excluding hydrogens is 389 g/mol. The van der Waals surface area contributed by atoms with E-state index in [9.17, 15) is 17.6 Å². The number of halogens is 1. The second-order valence-corrected chi connectivity index (χ2v) is 9.34. The van der Waals surface area contributed by atoms with Crippen molar-refractivity contribution in [2.75, 3.05) is 4.72 Å². The first-order chi connectivity index (χ1) is 12.8. The molecule has 0 aliphatic heterocycles. The fraction of sp³-hybridized carbons (Fsp3) is 0.444. The molecule has 1 saturated carbocycles. The Labute approximate surface area is 162 Å². The van der Waals surface area contributed by atoms with E-state index < -0.39 is 15.8 Å². The highest BCUT2D eigenvalue weighted by atomic mass is 32.2. The van der Waals surface area contributed by atoms with Gasteiger partial charge >= 0.3 is 0 Å². The van der Waals surface area contributed by atoms with Crippen molar-refractivity contribution in [3.63, 3.8) is 0 Å². The Morgan fingerprint density at radius 1 is 1.15 bits per heavy atom. The monoisotopic (exact) mass is 411 g/mol. The van der Waals surface area contributed by atoms with Crippen LogP contribution in [0.4, 0.5) is 9.52 Å². The quantitative estimate of drug-likeness (QED) is 0.732. The first-order valence-electron chi connectivity index (χ1n) is 8.92. The van der Waals surface area contributed by atoms with Gasteiger partial charge in [0.05, 0.1) is 10.6 Å². The number of carbonyl (C=O) groups is 1. The van der Waals surface area contributed by atoms with Gasteiger partial charge < -0.3 is 5.32 Å². The molecule has 0 bridgehead atoms. The van der Waals surface area contributed by atoms with Crippen LogP contribution in [0.5, 0.6) is 0 Å². The van der Waals surface area contributed by atoms with Gasteiger partial charge in [-0.1, -0.05) is 37.0 Å². The van der Waals surface area contributed by atoms with Crippen molar-refractivity contribution in [3.05, 3.63) is 40.7 Å². The number of hydrogen-bond acceptors (Lipinski definition) is 5. The molecule has 0 unspecified atom stereocenters. The number of carbonyl (C=O) groups excluding carboxylic acids is 1. The summed E-state index contributed by atoms with van der Waals surface area (Å²) in [6.07, 6.45) is 6.54. The third kappa shape index (κ3) is 5.04. The van der Waals surface area contributed by atoms with Gasteiger partial charge in [0, 0.05) is 6.04 Å².